The van der Waals surface area contributed by atoms with Gasteiger partial charge >= 0.3 is 0 Å². The summed E-state index contributed by atoms with van der Waals surface area (Å²) in [7, 11) is 0. The number of para-hydroxylation sites is 2. The average Bonchev–Trinajstić information content (AvgIpc) is 3.65. The third-order valence-electron chi connectivity index (χ3n) is 11.5. The zero-order chi connectivity index (χ0) is 38.4. The van der Waals surface area contributed by atoms with Crippen LogP contribution in [-0.2, 0) is 0 Å². The molecule has 0 unspecified atom stereocenters. The SMILES string of the molecule is c1ccc(-c2cccc(N(c3ccc(-c4cccc5ccccc45)cc3)c3cccc(-c4cc5ccccc5c5c4c4ccccc4n5-c4ccccc4)c3)c2)cc1. The third kappa shape index (κ3) is 5.74. The highest BCUT2D eigenvalue weighted by Crippen LogP contribution is 2.45. The van der Waals surface area contributed by atoms with Gasteiger partial charge in [-0.2, -0.15) is 0 Å². The smallest absolute Gasteiger partial charge is 0.0625 e. The normalized spacial score (nSPS) is 11.4. The molecule has 0 aliphatic rings. The average molecular weight is 739 g/mol. The third-order valence-corrected chi connectivity index (χ3v) is 11.5. The largest absolute Gasteiger partial charge is 0.310 e. The molecule has 1 aromatic heterocycles. The lowest BCUT2D eigenvalue weighted by molar-refractivity contribution is 1.19. The van der Waals surface area contributed by atoms with Gasteiger partial charge < -0.3 is 9.47 Å². The number of benzene rings is 10. The summed E-state index contributed by atoms with van der Waals surface area (Å²) in [5, 5.41) is 7.45. The summed E-state index contributed by atoms with van der Waals surface area (Å²) in [6, 6.07) is 83.7. The van der Waals surface area contributed by atoms with Crippen LogP contribution in [0.25, 0.3) is 82.4 Å². The Labute approximate surface area is 338 Å². The first-order valence-corrected chi connectivity index (χ1v) is 19.9. The number of nitrogens with zero attached hydrogens (tertiary/aromatic N) is 2. The highest BCUT2D eigenvalue weighted by atomic mass is 15.1. The molecule has 0 radical (unpaired) electrons. The summed E-state index contributed by atoms with van der Waals surface area (Å²) in [6.07, 6.45) is 0. The van der Waals surface area contributed by atoms with Crippen molar-refractivity contribution in [3.05, 3.63) is 231 Å². The first-order chi connectivity index (χ1) is 28.8. The van der Waals surface area contributed by atoms with Crippen molar-refractivity contribution < 1.29 is 0 Å². The van der Waals surface area contributed by atoms with Gasteiger partial charge in [0.25, 0.3) is 0 Å². The van der Waals surface area contributed by atoms with E-state index in [0.29, 0.717) is 0 Å². The Morgan fingerprint density at radius 2 is 0.879 bits per heavy atom. The molecule has 2 nitrogen and oxygen atoms in total. The molecule has 1 heterocycles. The van der Waals surface area contributed by atoms with Gasteiger partial charge in [-0.3, -0.25) is 0 Å². The zero-order valence-electron chi connectivity index (χ0n) is 31.8. The quantitative estimate of drug-likeness (QED) is 0.158. The molecule has 10 aromatic carbocycles. The summed E-state index contributed by atoms with van der Waals surface area (Å²) >= 11 is 0. The molecule has 0 fully saturated rings. The second-order valence-corrected chi connectivity index (χ2v) is 14.9. The molecule has 0 atom stereocenters. The molecule has 11 rings (SSSR count). The van der Waals surface area contributed by atoms with Gasteiger partial charge in [0.15, 0.2) is 0 Å². The Bertz CT molecular complexity index is 3260. The number of rotatable bonds is 7. The topological polar surface area (TPSA) is 8.17 Å². The van der Waals surface area contributed by atoms with Crippen LogP contribution >= 0.6 is 0 Å². The first-order valence-electron chi connectivity index (χ1n) is 19.9. The van der Waals surface area contributed by atoms with E-state index >= 15 is 0 Å². The Kier molecular flexibility index (Phi) is 8.19. The molecule has 0 saturated heterocycles. The molecule has 58 heavy (non-hydrogen) atoms. The van der Waals surface area contributed by atoms with Gasteiger partial charge in [0.1, 0.15) is 0 Å². The van der Waals surface area contributed by atoms with Gasteiger partial charge in [0.2, 0.25) is 0 Å². The van der Waals surface area contributed by atoms with Crippen LogP contribution in [0.2, 0.25) is 0 Å². The summed E-state index contributed by atoms with van der Waals surface area (Å²) < 4.78 is 2.44. The summed E-state index contributed by atoms with van der Waals surface area (Å²) in [4.78, 5) is 2.40. The van der Waals surface area contributed by atoms with Crippen LogP contribution in [0.4, 0.5) is 17.1 Å². The predicted molar refractivity (Wildman–Crippen MR) is 247 cm³/mol. The van der Waals surface area contributed by atoms with Gasteiger partial charge in [-0.25, -0.2) is 0 Å². The Balaban J connectivity index is 1.12. The number of hydrogen-bond donors (Lipinski definition) is 0. The second kappa shape index (κ2) is 14.1. The highest BCUT2D eigenvalue weighted by molar-refractivity contribution is 6.24. The van der Waals surface area contributed by atoms with Crippen molar-refractivity contribution in [2.24, 2.45) is 0 Å². The molecule has 0 saturated carbocycles. The van der Waals surface area contributed by atoms with Crippen molar-refractivity contribution in [1.29, 1.82) is 0 Å². The molecule has 0 aliphatic heterocycles. The molecular weight excluding hydrogens is 701 g/mol. The van der Waals surface area contributed by atoms with Gasteiger partial charge in [-0.15, -0.1) is 0 Å². The Morgan fingerprint density at radius 3 is 1.66 bits per heavy atom. The molecule has 0 amide bonds. The van der Waals surface area contributed by atoms with E-state index in [2.05, 4.69) is 240 Å². The van der Waals surface area contributed by atoms with Gasteiger partial charge in [-0.1, -0.05) is 170 Å². The first kappa shape index (κ1) is 33.6. The maximum atomic E-state index is 2.44. The fourth-order valence-corrected chi connectivity index (χ4v) is 8.89. The van der Waals surface area contributed by atoms with E-state index in [1.165, 1.54) is 76.7 Å². The number of aromatic nitrogens is 1. The Hall–Kier alpha value is -7.68. The summed E-state index contributed by atoms with van der Waals surface area (Å²) in [5.74, 6) is 0. The van der Waals surface area contributed by atoms with Crippen molar-refractivity contribution in [2.75, 3.05) is 4.90 Å². The van der Waals surface area contributed by atoms with Gasteiger partial charge in [-0.05, 0) is 110 Å². The predicted octanol–water partition coefficient (Wildman–Crippen LogP) is 15.6. The van der Waals surface area contributed by atoms with E-state index in [4.69, 9.17) is 0 Å². The minimum atomic E-state index is 1.09. The summed E-state index contributed by atoms with van der Waals surface area (Å²) in [6.45, 7) is 0. The monoisotopic (exact) mass is 738 g/mol. The minimum Gasteiger partial charge on any atom is -0.310 e. The van der Waals surface area contributed by atoms with Crippen molar-refractivity contribution >= 4 is 60.4 Å². The number of anilines is 3. The number of hydrogen-bond acceptors (Lipinski definition) is 1. The van der Waals surface area contributed by atoms with Crippen LogP contribution in [0.1, 0.15) is 0 Å². The fourth-order valence-electron chi connectivity index (χ4n) is 8.89. The number of fused-ring (bicyclic) bond motifs is 6. The van der Waals surface area contributed by atoms with E-state index in [9.17, 15) is 0 Å². The van der Waals surface area contributed by atoms with E-state index in [1.54, 1.807) is 0 Å². The molecule has 0 N–H and O–H groups in total. The molecule has 11 aromatic rings. The van der Waals surface area contributed by atoms with E-state index < -0.39 is 0 Å². The maximum Gasteiger partial charge on any atom is 0.0625 e. The standard InChI is InChI=1S/C56H38N2/c1-3-16-39(17-4-1)42-21-13-25-47(36-42)57(46-34-32-41(33-35-46)50-30-15-20-40-18-7-9-27-49(40)50)48-26-14-22-43(37-48)53-38-44-19-8-10-28-51(44)56-55(53)52-29-11-12-31-54(52)58(56)45-23-5-2-6-24-45/h1-38H. The van der Waals surface area contributed by atoms with Gasteiger partial charge in [0, 0.05) is 38.9 Å². The molecular formula is C56H38N2. The van der Waals surface area contributed by atoms with Gasteiger partial charge in [0.05, 0.1) is 11.0 Å². The minimum absolute atomic E-state index is 1.09. The van der Waals surface area contributed by atoms with E-state index in [0.717, 1.165) is 22.7 Å². The van der Waals surface area contributed by atoms with Crippen molar-refractivity contribution in [1.82, 2.24) is 4.57 Å². The molecule has 0 aliphatic carbocycles. The van der Waals surface area contributed by atoms with E-state index in [-0.39, 0.29) is 0 Å². The van der Waals surface area contributed by atoms with Crippen molar-refractivity contribution in [2.45, 2.75) is 0 Å². The maximum absolute atomic E-state index is 2.44. The Morgan fingerprint density at radius 1 is 0.310 bits per heavy atom. The van der Waals surface area contributed by atoms with Crippen LogP contribution in [-0.4, -0.2) is 4.57 Å². The van der Waals surface area contributed by atoms with Crippen molar-refractivity contribution in [3.63, 3.8) is 0 Å². The lowest BCUT2D eigenvalue weighted by Crippen LogP contribution is -2.10. The van der Waals surface area contributed by atoms with Crippen LogP contribution in [0.5, 0.6) is 0 Å². The molecule has 0 spiro atoms. The van der Waals surface area contributed by atoms with Crippen LogP contribution in [0, 0.1) is 0 Å². The van der Waals surface area contributed by atoms with E-state index in [1.807, 2.05) is 0 Å². The zero-order valence-corrected chi connectivity index (χ0v) is 31.8. The highest BCUT2D eigenvalue weighted by Gasteiger charge is 2.21. The van der Waals surface area contributed by atoms with Crippen molar-refractivity contribution in [3.8, 4) is 39.1 Å². The molecule has 272 valence electrons. The summed E-state index contributed by atoms with van der Waals surface area (Å²) in [5.41, 5.74) is 14.0. The molecule has 0 bridgehead atoms. The van der Waals surface area contributed by atoms with Crippen LogP contribution in [0.15, 0.2) is 231 Å². The fraction of sp³-hybridized carbons (Fsp3) is 0. The lowest BCUT2D eigenvalue weighted by atomic mass is 9.94. The van der Waals surface area contributed by atoms with Crippen LogP contribution < -0.4 is 4.90 Å². The molecule has 2 heteroatoms. The second-order valence-electron chi connectivity index (χ2n) is 14.9. The lowest BCUT2D eigenvalue weighted by Gasteiger charge is -2.27. The van der Waals surface area contributed by atoms with Crippen LogP contribution in [0.3, 0.4) is 0 Å².